The second-order valence-electron chi connectivity index (χ2n) is 6.24. The van der Waals surface area contributed by atoms with E-state index >= 15 is 0 Å². The van der Waals surface area contributed by atoms with E-state index < -0.39 is 23.4 Å². The number of nitro groups is 1. The number of rotatable bonds is 6. The van der Waals surface area contributed by atoms with Crippen molar-refractivity contribution in [2.45, 2.75) is 13.3 Å². The largest absolute Gasteiger partial charge is 0.464 e. The highest BCUT2D eigenvalue weighted by Gasteiger charge is 2.15. The Labute approximate surface area is 164 Å². The molecule has 0 saturated carbocycles. The van der Waals surface area contributed by atoms with E-state index in [0.29, 0.717) is 11.1 Å². The molecule has 3 rings (SSSR count). The Kier molecular flexibility index (Phi) is 5.55. The number of ether oxygens (including phenoxy) is 1. The van der Waals surface area contributed by atoms with E-state index in [2.05, 4.69) is 5.32 Å². The van der Waals surface area contributed by atoms with Gasteiger partial charge in [-0.15, -0.1) is 0 Å². The van der Waals surface area contributed by atoms with Gasteiger partial charge in [0, 0.05) is 23.1 Å². The van der Waals surface area contributed by atoms with Gasteiger partial charge in [0.25, 0.3) is 11.6 Å². The number of nitriles is 1. The minimum Gasteiger partial charge on any atom is -0.464 e. The molecule has 0 aliphatic rings. The molecule has 1 amide bonds. The van der Waals surface area contributed by atoms with E-state index in [1.807, 2.05) is 25.1 Å². The highest BCUT2D eigenvalue weighted by atomic mass is 16.6. The van der Waals surface area contributed by atoms with Gasteiger partial charge in [-0.05, 0) is 24.6 Å². The van der Waals surface area contributed by atoms with Crippen molar-refractivity contribution >= 4 is 34.2 Å². The van der Waals surface area contributed by atoms with Gasteiger partial charge in [-0.3, -0.25) is 19.7 Å². The standard InChI is InChI=1S/C20H15N3O6/c1-12-2-4-16-14(10-28-18(16)6-12)8-20(25)29-11-19(24)22-17-5-3-15(23(26)27)7-13(17)9-21/h2-7,10H,8,11H2,1H3,(H,22,24). The molecule has 0 atom stereocenters. The number of aryl methyl sites for hydroxylation is 1. The summed E-state index contributed by atoms with van der Waals surface area (Å²) < 4.78 is 10.4. The predicted octanol–water partition coefficient (Wildman–Crippen LogP) is 3.25. The number of fused-ring (bicyclic) bond motifs is 1. The van der Waals surface area contributed by atoms with Crippen LogP contribution in [0.2, 0.25) is 0 Å². The molecular formula is C20H15N3O6. The first kappa shape index (κ1) is 19.6. The number of anilines is 1. The summed E-state index contributed by atoms with van der Waals surface area (Å²) in [7, 11) is 0. The number of non-ortho nitro benzene ring substituents is 1. The van der Waals surface area contributed by atoms with Gasteiger partial charge in [-0.1, -0.05) is 12.1 Å². The van der Waals surface area contributed by atoms with E-state index in [1.165, 1.54) is 12.3 Å². The molecule has 0 unspecified atom stereocenters. The number of carbonyl (C=O) groups excluding carboxylic acids is 2. The highest BCUT2D eigenvalue weighted by Crippen LogP contribution is 2.23. The number of hydrogen-bond donors (Lipinski definition) is 1. The number of nitro benzene ring substituents is 1. The molecule has 0 bridgehead atoms. The summed E-state index contributed by atoms with van der Waals surface area (Å²) in [6, 6.07) is 10.8. The van der Waals surface area contributed by atoms with Crippen molar-refractivity contribution in [3.8, 4) is 6.07 Å². The summed E-state index contributed by atoms with van der Waals surface area (Å²) in [6.07, 6.45) is 1.41. The zero-order valence-corrected chi connectivity index (χ0v) is 15.3. The third-order valence-corrected chi connectivity index (χ3v) is 4.12. The summed E-state index contributed by atoms with van der Waals surface area (Å²) in [6.45, 7) is 1.37. The topological polar surface area (TPSA) is 135 Å². The molecule has 0 aliphatic heterocycles. The summed E-state index contributed by atoms with van der Waals surface area (Å²) in [5.41, 5.74) is 2.09. The number of esters is 1. The normalized spacial score (nSPS) is 10.3. The molecule has 146 valence electrons. The van der Waals surface area contributed by atoms with E-state index in [4.69, 9.17) is 14.4 Å². The maximum Gasteiger partial charge on any atom is 0.310 e. The Hall–Kier alpha value is -4.19. The van der Waals surface area contributed by atoms with Gasteiger partial charge in [0.05, 0.1) is 28.9 Å². The molecular weight excluding hydrogens is 378 g/mol. The van der Waals surface area contributed by atoms with E-state index in [-0.39, 0.29) is 23.4 Å². The third kappa shape index (κ3) is 4.56. The molecule has 0 spiro atoms. The minimum atomic E-state index is -0.670. The summed E-state index contributed by atoms with van der Waals surface area (Å²) >= 11 is 0. The van der Waals surface area contributed by atoms with Crippen molar-refractivity contribution in [1.82, 2.24) is 0 Å². The maximum atomic E-state index is 12.0. The number of nitrogens with one attached hydrogen (secondary N) is 1. The lowest BCUT2D eigenvalue weighted by Crippen LogP contribution is -2.22. The van der Waals surface area contributed by atoms with Gasteiger partial charge in [0.1, 0.15) is 11.7 Å². The molecule has 29 heavy (non-hydrogen) atoms. The highest BCUT2D eigenvalue weighted by molar-refractivity contribution is 5.94. The lowest BCUT2D eigenvalue weighted by atomic mass is 10.1. The Morgan fingerprint density at radius 1 is 1.28 bits per heavy atom. The zero-order valence-electron chi connectivity index (χ0n) is 15.3. The number of nitrogens with zero attached hydrogens (tertiary/aromatic N) is 2. The van der Waals surface area contributed by atoms with Gasteiger partial charge >= 0.3 is 5.97 Å². The van der Waals surface area contributed by atoms with Gasteiger partial charge in [0.2, 0.25) is 0 Å². The second kappa shape index (κ2) is 8.22. The maximum absolute atomic E-state index is 12.0. The van der Waals surface area contributed by atoms with Crippen LogP contribution < -0.4 is 5.32 Å². The number of furan rings is 1. The molecule has 0 saturated heterocycles. The van der Waals surface area contributed by atoms with Gasteiger partial charge in [-0.25, -0.2) is 0 Å². The van der Waals surface area contributed by atoms with Crippen LogP contribution in [0, 0.1) is 28.4 Å². The summed E-state index contributed by atoms with van der Waals surface area (Å²) in [4.78, 5) is 34.2. The molecule has 0 radical (unpaired) electrons. The molecule has 9 heteroatoms. The van der Waals surface area contributed by atoms with Gasteiger partial charge < -0.3 is 14.5 Å². The molecule has 1 aromatic heterocycles. The fraction of sp³-hybridized carbons (Fsp3) is 0.150. The second-order valence-corrected chi connectivity index (χ2v) is 6.24. The van der Waals surface area contributed by atoms with Crippen molar-refractivity contribution in [3.63, 3.8) is 0 Å². The van der Waals surface area contributed by atoms with Crippen LogP contribution in [0.3, 0.4) is 0 Å². The van der Waals surface area contributed by atoms with Crippen LogP contribution >= 0.6 is 0 Å². The van der Waals surface area contributed by atoms with Crippen molar-refractivity contribution in [1.29, 1.82) is 5.26 Å². The van der Waals surface area contributed by atoms with Crippen molar-refractivity contribution < 1.29 is 23.7 Å². The summed E-state index contributed by atoms with van der Waals surface area (Å²) in [5, 5.41) is 23.0. The molecule has 3 aromatic rings. The SMILES string of the molecule is Cc1ccc2c(CC(=O)OCC(=O)Nc3ccc([N+](=O)[O-])cc3C#N)coc2c1. The van der Waals surface area contributed by atoms with Crippen LogP contribution in [0.4, 0.5) is 11.4 Å². The van der Waals surface area contributed by atoms with Crippen molar-refractivity contribution in [2.75, 3.05) is 11.9 Å². The number of benzene rings is 2. The minimum absolute atomic E-state index is 0.0652. The number of carbonyl (C=O) groups is 2. The van der Waals surface area contributed by atoms with Crippen LogP contribution in [-0.4, -0.2) is 23.4 Å². The van der Waals surface area contributed by atoms with Gasteiger partial charge in [-0.2, -0.15) is 5.26 Å². The van der Waals surface area contributed by atoms with Crippen LogP contribution in [0.5, 0.6) is 0 Å². The average Bonchev–Trinajstić information content (AvgIpc) is 3.08. The molecule has 9 nitrogen and oxygen atoms in total. The smallest absolute Gasteiger partial charge is 0.310 e. The molecule has 1 N–H and O–H groups in total. The quantitative estimate of drug-likeness (QED) is 0.386. The van der Waals surface area contributed by atoms with Gasteiger partial charge in [0.15, 0.2) is 6.61 Å². The average molecular weight is 393 g/mol. The summed E-state index contributed by atoms with van der Waals surface area (Å²) in [5.74, 6) is -1.29. The van der Waals surface area contributed by atoms with Crippen LogP contribution in [-0.2, 0) is 20.7 Å². The van der Waals surface area contributed by atoms with Crippen LogP contribution in [0.1, 0.15) is 16.7 Å². The van der Waals surface area contributed by atoms with Crippen molar-refractivity contribution in [3.05, 3.63) is 69.5 Å². The zero-order chi connectivity index (χ0) is 21.0. The number of hydrogen-bond acceptors (Lipinski definition) is 7. The molecule has 2 aromatic carbocycles. The Morgan fingerprint density at radius 3 is 2.79 bits per heavy atom. The molecule has 0 fully saturated rings. The lowest BCUT2D eigenvalue weighted by Gasteiger charge is -2.08. The van der Waals surface area contributed by atoms with Crippen LogP contribution in [0.25, 0.3) is 11.0 Å². The van der Waals surface area contributed by atoms with E-state index in [1.54, 1.807) is 6.07 Å². The number of amides is 1. The molecule has 1 heterocycles. The first-order valence-electron chi connectivity index (χ1n) is 8.48. The van der Waals surface area contributed by atoms with E-state index in [0.717, 1.165) is 23.1 Å². The Balaban J connectivity index is 1.58. The lowest BCUT2D eigenvalue weighted by molar-refractivity contribution is -0.384. The fourth-order valence-electron chi connectivity index (χ4n) is 2.71. The van der Waals surface area contributed by atoms with E-state index in [9.17, 15) is 19.7 Å². The predicted molar refractivity (Wildman–Crippen MR) is 102 cm³/mol. The Bertz CT molecular complexity index is 1160. The fourth-order valence-corrected chi connectivity index (χ4v) is 2.71. The Morgan fingerprint density at radius 2 is 2.07 bits per heavy atom. The first-order valence-corrected chi connectivity index (χ1v) is 8.48. The monoisotopic (exact) mass is 393 g/mol. The van der Waals surface area contributed by atoms with Crippen LogP contribution in [0.15, 0.2) is 47.1 Å². The third-order valence-electron chi connectivity index (χ3n) is 4.12. The van der Waals surface area contributed by atoms with Crippen molar-refractivity contribution in [2.24, 2.45) is 0 Å². The first-order chi connectivity index (χ1) is 13.9. The molecule has 0 aliphatic carbocycles.